The van der Waals surface area contributed by atoms with Gasteiger partial charge in [-0.2, -0.15) is 12.6 Å². The first-order valence-electron chi connectivity index (χ1n) is 7.59. The topological polar surface area (TPSA) is 3.24 Å². The number of likely N-dealkylation sites (tertiary alicyclic amines) is 1. The molecule has 0 atom stereocenters. The predicted molar refractivity (Wildman–Crippen MR) is 81.0 cm³/mol. The molecule has 0 radical (unpaired) electrons. The molecule has 0 spiro atoms. The quantitative estimate of drug-likeness (QED) is 0.663. The van der Waals surface area contributed by atoms with Crippen LogP contribution in [0.2, 0.25) is 0 Å². The summed E-state index contributed by atoms with van der Waals surface area (Å²) < 4.78 is 0. The fourth-order valence-corrected chi connectivity index (χ4v) is 3.74. The third kappa shape index (κ3) is 5.21. The second kappa shape index (κ2) is 8.42. The van der Waals surface area contributed by atoms with Gasteiger partial charge in [-0.25, -0.2) is 0 Å². The lowest BCUT2D eigenvalue weighted by Crippen LogP contribution is -2.39. The van der Waals surface area contributed by atoms with E-state index < -0.39 is 0 Å². The van der Waals surface area contributed by atoms with Crippen LogP contribution >= 0.6 is 12.6 Å². The van der Waals surface area contributed by atoms with E-state index in [0.29, 0.717) is 5.41 Å². The van der Waals surface area contributed by atoms with Crippen LogP contribution in [0.25, 0.3) is 0 Å². The smallest absolute Gasteiger partial charge is 0.00458 e. The van der Waals surface area contributed by atoms with Crippen LogP contribution in [0, 0.1) is 5.41 Å². The van der Waals surface area contributed by atoms with Crippen LogP contribution < -0.4 is 0 Å². The molecule has 0 amide bonds. The average Bonchev–Trinajstić information content (AvgIpc) is 2.58. The molecule has 0 aromatic carbocycles. The Labute approximate surface area is 114 Å². The standard InChI is InChI=1S/C15H31NS/c1-3-9-15(14-17,10-4-2)13-16-11-7-5-6-8-12-16/h17H,3-14H2,1-2H3. The maximum absolute atomic E-state index is 4.67. The first kappa shape index (κ1) is 15.4. The van der Waals surface area contributed by atoms with E-state index in [9.17, 15) is 0 Å². The van der Waals surface area contributed by atoms with Gasteiger partial charge in [0, 0.05) is 6.54 Å². The predicted octanol–water partition coefficient (Wildman–Crippen LogP) is 4.38. The van der Waals surface area contributed by atoms with Crippen molar-refractivity contribution in [2.45, 2.75) is 65.2 Å². The Morgan fingerprint density at radius 2 is 1.47 bits per heavy atom. The molecule has 1 aliphatic rings. The molecule has 0 unspecified atom stereocenters. The molecule has 0 aliphatic carbocycles. The molecule has 1 fully saturated rings. The lowest BCUT2D eigenvalue weighted by molar-refractivity contribution is 0.150. The van der Waals surface area contributed by atoms with Gasteiger partial charge in [0.05, 0.1) is 0 Å². The summed E-state index contributed by atoms with van der Waals surface area (Å²) in [6.07, 6.45) is 11.0. The summed E-state index contributed by atoms with van der Waals surface area (Å²) in [4.78, 5) is 2.72. The van der Waals surface area contributed by atoms with Crippen LogP contribution in [0.15, 0.2) is 0 Å². The largest absolute Gasteiger partial charge is 0.303 e. The molecule has 0 saturated carbocycles. The zero-order valence-electron chi connectivity index (χ0n) is 11.9. The summed E-state index contributed by atoms with van der Waals surface area (Å²) in [6.45, 7) is 8.57. The molecule has 1 heterocycles. The Hall–Kier alpha value is 0.310. The molecule has 0 N–H and O–H groups in total. The summed E-state index contributed by atoms with van der Waals surface area (Å²) in [5.41, 5.74) is 0.483. The van der Waals surface area contributed by atoms with Gasteiger partial charge in [-0.3, -0.25) is 0 Å². The Bertz CT molecular complexity index is 179. The van der Waals surface area contributed by atoms with Gasteiger partial charge in [0.25, 0.3) is 0 Å². The molecule has 1 rings (SSSR count). The minimum atomic E-state index is 0.483. The fraction of sp³-hybridized carbons (Fsp3) is 1.00. The van der Waals surface area contributed by atoms with Crippen molar-refractivity contribution in [3.63, 3.8) is 0 Å². The van der Waals surface area contributed by atoms with E-state index >= 15 is 0 Å². The maximum atomic E-state index is 4.67. The third-order valence-electron chi connectivity index (χ3n) is 4.15. The average molecular weight is 257 g/mol. The summed E-state index contributed by atoms with van der Waals surface area (Å²) in [6, 6.07) is 0. The molecule has 17 heavy (non-hydrogen) atoms. The van der Waals surface area contributed by atoms with Gasteiger partial charge >= 0.3 is 0 Å². The molecule has 1 nitrogen and oxygen atoms in total. The van der Waals surface area contributed by atoms with Gasteiger partial charge in [-0.15, -0.1) is 0 Å². The molecule has 1 saturated heterocycles. The van der Waals surface area contributed by atoms with Crippen molar-refractivity contribution in [2.24, 2.45) is 5.41 Å². The minimum Gasteiger partial charge on any atom is -0.303 e. The minimum absolute atomic E-state index is 0.483. The van der Waals surface area contributed by atoms with Gasteiger partial charge < -0.3 is 4.90 Å². The van der Waals surface area contributed by atoms with Crippen LogP contribution in [0.3, 0.4) is 0 Å². The summed E-state index contributed by atoms with van der Waals surface area (Å²) >= 11 is 4.67. The van der Waals surface area contributed by atoms with Gasteiger partial charge in [0.2, 0.25) is 0 Å². The molecular weight excluding hydrogens is 226 g/mol. The van der Waals surface area contributed by atoms with Crippen LogP contribution in [0.5, 0.6) is 0 Å². The zero-order chi connectivity index (χ0) is 12.6. The molecular formula is C15H31NS. The lowest BCUT2D eigenvalue weighted by Gasteiger charge is -2.37. The third-order valence-corrected chi connectivity index (χ3v) is 4.82. The first-order chi connectivity index (χ1) is 8.26. The van der Waals surface area contributed by atoms with Crippen LogP contribution in [0.4, 0.5) is 0 Å². The Morgan fingerprint density at radius 3 is 1.88 bits per heavy atom. The molecule has 2 heteroatoms. The van der Waals surface area contributed by atoms with Crippen LogP contribution in [-0.4, -0.2) is 30.3 Å². The van der Waals surface area contributed by atoms with E-state index in [-0.39, 0.29) is 0 Å². The SMILES string of the molecule is CCCC(CS)(CCC)CN1CCCCCC1. The van der Waals surface area contributed by atoms with Crippen molar-refractivity contribution in [3.05, 3.63) is 0 Å². The van der Waals surface area contributed by atoms with Crippen molar-refractivity contribution < 1.29 is 0 Å². The number of hydrogen-bond donors (Lipinski definition) is 1. The Morgan fingerprint density at radius 1 is 0.941 bits per heavy atom. The zero-order valence-corrected chi connectivity index (χ0v) is 12.8. The van der Waals surface area contributed by atoms with E-state index in [2.05, 4.69) is 31.4 Å². The van der Waals surface area contributed by atoms with E-state index in [1.165, 1.54) is 71.0 Å². The highest BCUT2D eigenvalue weighted by Gasteiger charge is 2.29. The monoisotopic (exact) mass is 257 g/mol. The molecule has 1 aliphatic heterocycles. The number of thiol groups is 1. The van der Waals surface area contributed by atoms with Crippen LogP contribution in [-0.2, 0) is 0 Å². The summed E-state index contributed by atoms with van der Waals surface area (Å²) in [7, 11) is 0. The summed E-state index contributed by atoms with van der Waals surface area (Å²) in [5, 5.41) is 0. The van der Waals surface area contributed by atoms with E-state index in [1.54, 1.807) is 0 Å². The number of rotatable bonds is 7. The van der Waals surface area contributed by atoms with Crippen molar-refractivity contribution in [3.8, 4) is 0 Å². The van der Waals surface area contributed by atoms with E-state index in [0.717, 1.165) is 5.75 Å². The van der Waals surface area contributed by atoms with Gasteiger partial charge in [-0.1, -0.05) is 39.5 Å². The highest BCUT2D eigenvalue weighted by molar-refractivity contribution is 7.80. The van der Waals surface area contributed by atoms with Crippen LogP contribution in [0.1, 0.15) is 65.2 Å². The molecule has 0 bridgehead atoms. The highest BCUT2D eigenvalue weighted by Crippen LogP contribution is 2.33. The van der Waals surface area contributed by atoms with E-state index in [4.69, 9.17) is 0 Å². The Kier molecular flexibility index (Phi) is 7.61. The fourth-order valence-electron chi connectivity index (χ4n) is 3.32. The van der Waals surface area contributed by atoms with Crippen molar-refractivity contribution in [1.29, 1.82) is 0 Å². The summed E-state index contributed by atoms with van der Waals surface area (Å²) in [5.74, 6) is 1.06. The van der Waals surface area contributed by atoms with E-state index in [1.807, 2.05) is 0 Å². The second-order valence-electron chi connectivity index (χ2n) is 5.85. The normalized spacial score (nSPS) is 19.2. The molecule has 0 aromatic rings. The highest BCUT2D eigenvalue weighted by atomic mass is 32.1. The Balaban J connectivity index is 2.55. The van der Waals surface area contributed by atoms with Crippen molar-refractivity contribution >= 4 is 12.6 Å². The van der Waals surface area contributed by atoms with Crippen molar-refractivity contribution in [2.75, 3.05) is 25.4 Å². The molecule has 0 aromatic heterocycles. The maximum Gasteiger partial charge on any atom is 0.00458 e. The first-order valence-corrected chi connectivity index (χ1v) is 8.23. The van der Waals surface area contributed by atoms with Gasteiger partial charge in [0.1, 0.15) is 0 Å². The second-order valence-corrected chi connectivity index (χ2v) is 6.16. The van der Waals surface area contributed by atoms with Crippen molar-refractivity contribution in [1.82, 2.24) is 4.90 Å². The van der Waals surface area contributed by atoms with Gasteiger partial charge in [-0.05, 0) is 49.9 Å². The lowest BCUT2D eigenvalue weighted by atomic mass is 9.80. The molecule has 102 valence electrons. The number of nitrogens with zero attached hydrogens (tertiary/aromatic N) is 1. The number of hydrogen-bond acceptors (Lipinski definition) is 2. The van der Waals surface area contributed by atoms with Gasteiger partial charge in [0.15, 0.2) is 0 Å².